The van der Waals surface area contributed by atoms with Crippen LogP contribution in [0.3, 0.4) is 0 Å². The van der Waals surface area contributed by atoms with Gasteiger partial charge in [0.1, 0.15) is 0 Å². The molecule has 0 aromatic carbocycles. The van der Waals surface area contributed by atoms with Gasteiger partial charge in [0.05, 0.1) is 0 Å². The monoisotopic (exact) mass is 174 g/mol. The van der Waals surface area contributed by atoms with Crippen molar-refractivity contribution in [3.63, 3.8) is 0 Å². The smallest absolute Gasteiger partial charge is 0.293 e. The average Bonchev–Trinajstić information content (AvgIpc) is 2.88. The third-order valence-corrected chi connectivity index (χ3v) is 2.56. The lowest BCUT2D eigenvalue weighted by molar-refractivity contribution is -0.0978. The van der Waals surface area contributed by atoms with Crippen LogP contribution in [0.25, 0.3) is 0 Å². The van der Waals surface area contributed by atoms with Crippen molar-refractivity contribution in [3.8, 4) is 0 Å². The van der Waals surface area contributed by atoms with Crippen LogP contribution in [0.5, 0.6) is 0 Å². The second-order valence-corrected chi connectivity index (χ2v) is 3.42. The molecule has 13 heavy (non-hydrogen) atoms. The molecular formula is C10H6O3. The molecule has 2 fully saturated rings. The van der Waals surface area contributed by atoms with E-state index in [0.717, 1.165) is 11.5 Å². The fraction of sp³-hybridized carbons (Fsp3) is 0.200. The Morgan fingerprint density at radius 2 is 1.46 bits per heavy atom. The maximum Gasteiger partial charge on any atom is 0.293 e. The van der Waals surface area contributed by atoms with Gasteiger partial charge in [-0.3, -0.25) is 4.74 Å². The fourth-order valence-corrected chi connectivity index (χ4v) is 1.77. The van der Waals surface area contributed by atoms with Crippen LogP contribution in [0.4, 0.5) is 0 Å². The molecule has 64 valence electrons. The SMILES string of the molecule is C1=CC2(OC34C=CC=C3O4)OC2=C1. The minimum atomic E-state index is -0.607. The molecule has 2 atom stereocenters. The first-order valence-corrected chi connectivity index (χ1v) is 4.21. The Kier molecular flexibility index (Phi) is 0.681. The molecule has 4 rings (SSSR count). The summed E-state index contributed by atoms with van der Waals surface area (Å²) in [6.07, 6.45) is 11.5. The maximum atomic E-state index is 5.74. The third-order valence-electron chi connectivity index (χ3n) is 2.56. The summed E-state index contributed by atoms with van der Waals surface area (Å²) in [6.45, 7) is 0. The van der Waals surface area contributed by atoms with Gasteiger partial charge in [-0.15, -0.1) is 0 Å². The Hall–Kier alpha value is -1.48. The van der Waals surface area contributed by atoms with Gasteiger partial charge in [0.25, 0.3) is 11.6 Å². The zero-order valence-electron chi connectivity index (χ0n) is 6.69. The van der Waals surface area contributed by atoms with Crippen LogP contribution in [0.1, 0.15) is 0 Å². The fourth-order valence-electron chi connectivity index (χ4n) is 1.77. The number of ether oxygens (including phenoxy) is 3. The Labute approximate surface area is 74.6 Å². The van der Waals surface area contributed by atoms with Gasteiger partial charge in [0.2, 0.25) is 0 Å². The normalized spacial score (nSPS) is 45.8. The Bertz CT molecular complexity index is 389. The number of hydrogen-bond acceptors (Lipinski definition) is 3. The van der Waals surface area contributed by atoms with Gasteiger partial charge >= 0.3 is 0 Å². The molecule has 4 aliphatic rings. The van der Waals surface area contributed by atoms with Crippen LogP contribution < -0.4 is 0 Å². The molecule has 0 saturated carbocycles. The molecule has 0 amide bonds. The Balaban J connectivity index is 1.68. The lowest BCUT2D eigenvalue weighted by Crippen LogP contribution is -2.22. The highest BCUT2D eigenvalue weighted by Crippen LogP contribution is 2.57. The van der Waals surface area contributed by atoms with Gasteiger partial charge in [-0.25, -0.2) is 0 Å². The summed E-state index contributed by atoms with van der Waals surface area (Å²) in [7, 11) is 0. The summed E-state index contributed by atoms with van der Waals surface area (Å²) >= 11 is 0. The molecule has 0 aromatic heterocycles. The van der Waals surface area contributed by atoms with Gasteiger partial charge in [0.15, 0.2) is 11.5 Å². The molecule has 0 radical (unpaired) electrons. The van der Waals surface area contributed by atoms with E-state index < -0.39 is 11.6 Å². The Morgan fingerprint density at radius 1 is 0.923 bits per heavy atom. The largest absolute Gasteiger partial charge is 0.448 e. The zero-order valence-corrected chi connectivity index (χ0v) is 6.69. The van der Waals surface area contributed by atoms with Crippen LogP contribution in [0.2, 0.25) is 0 Å². The highest BCUT2D eigenvalue weighted by molar-refractivity contribution is 5.45. The molecule has 0 aromatic rings. The van der Waals surface area contributed by atoms with E-state index in [1.807, 2.05) is 36.5 Å². The van der Waals surface area contributed by atoms with Crippen LogP contribution in [0, 0.1) is 0 Å². The highest BCUT2D eigenvalue weighted by atomic mass is 16.9. The van der Waals surface area contributed by atoms with E-state index in [1.54, 1.807) is 0 Å². The summed E-state index contributed by atoms with van der Waals surface area (Å²) in [5.41, 5.74) is 0. The number of fused-ring (bicyclic) bond motifs is 2. The first-order valence-electron chi connectivity index (χ1n) is 4.21. The van der Waals surface area contributed by atoms with E-state index >= 15 is 0 Å². The molecule has 0 N–H and O–H groups in total. The van der Waals surface area contributed by atoms with E-state index in [-0.39, 0.29) is 0 Å². The van der Waals surface area contributed by atoms with Crippen molar-refractivity contribution in [1.82, 2.24) is 0 Å². The van der Waals surface area contributed by atoms with Gasteiger partial charge in [-0.05, 0) is 24.3 Å². The van der Waals surface area contributed by atoms with E-state index in [0.29, 0.717) is 0 Å². The maximum absolute atomic E-state index is 5.74. The second-order valence-electron chi connectivity index (χ2n) is 3.42. The average molecular weight is 174 g/mol. The topological polar surface area (TPSA) is 34.3 Å². The lowest BCUT2D eigenvalue weighted by atomic mass is 10.3. The molecule has 2 saturated heterocycles. The molecule has 3 nitrogen and oxygen atoms in total. The molecule has 2 unspecified atom stereocenters. The number of hydrogen-bond donors (Lipinski definition) is 0. The van der Waals surface area contributed by atoms with Crippen molar-refractivity contribution < 1.29 is 14.2 Å². The van der Waals surface area contributed by atoms with E-state index in [9.17, 15) is 0 Å². The first kappa shape index (κ1) is 6.05. The second kappa shape index (κ2) is 1.46. The van der Waals surface area contributed by atoms with Gasteiger partial charge in [0, 0.05) is 0 Å². The molecule has 3 heteroatoms. The van der Waals surface area contributed by atoms with Crippen LogP contribution in [0.15, 0.2) is 48.0 Å². The first-order chi connectivity index (χ1) is 6.33. The summed E-state index contributed by atoms with van der Waals surface area (Å²) < 4.78 is 16.4. The van der Waals surface area contributed by atoms with Crippen LogP contribution >= 0.6 is 0 Å². The van der Waals surface area contributed by atoms with Crippen LogP contribution in [-0.2, 0) is 14.2 Å². The molecule has 0 bridgehead atoms. The quantitative estimate of drug-likeness (QED) is 0.593. The van der Waals surface area contributed by atoms with E-state index in [1.165, 1.54) is 0 Å². The van der Waals surface area contributed by atoms with Crippen molar-refractivity contribution in [2.45, 2.75) is 11.6 Å². The predicted molar refractivity (Wildman–Crippen MR) is 43.2 cm³/mol. The third kappa shape index (κ3) is 0.573. The van der Waals surface area contributed by atoms with E-state index in [4.69, 9.17) is 14.2 Å². The Morgan fingerprint density at radius 3 is 1.77 bits per heavy atom. The van der Waals surface area contributed by atoms with Crippen molar-refractivity contribution >= 4 is 0 Å². The standard InChI is InChI=1S/C10H6O3/c1-3-7-9(5-1,11-7)13-10-6-2-4-8(10)12-10/h1-6H. The minimum Gasteiger partial charge on any atom is -0.448 e. The molecular weight excluding hydrogens is 168 g/mol. The lowest BCUT2D eigenvalue weighted by Gasteiger charge is -2.07. The summed E-state index contributed by atoms with van der Waals surface area (Å²) in [4.78, 5) is 0. The van der Waals surface area contributed by atoms with Gasteiger partial charge in [-0.2, -0.15) is 0 Å². The molecule has 2 heterocycles. The summed E-state index contributed by atoms with van der Waals surface area (Å²) in [5, 5.41) is 0. The van der Waals surface area contributed by atoms with Crippen molar-refractivity contribution in [1.29, 1.82) is 0 Å². The van der Waals surface area contributed by atoms with Crippen LogP contribution in [-0.4, -0.2) is 11.6 Å². The van der Waals surface area contributed by atoms with Gasteiger partial charge in [-0.1, -0.05) is 12.2 Å². The summed E-state index contributed by atoms with van der Waals surface area (Å²) in [5.74, 6) is 0.531. The van der Waals surface area contributed by atoms with E-state index in [2.05, 4.69) is 0 Å². The molecule has 2 aliphatic heterocycles. The highest BCUT2D eigenvalue weighted by Gasteiger charge is 2.66. The van der Waals surface area contributed by atoms with Crippen molar-refractivity contribution in [2.75, 3.05) is 0 Å². The van der Waals surface area contributed by atoms with Crippen molar-refractivity contribution in [3.05, 3.63) is 48.0 Å². The number of allylic oxidation sites excluding steroid dienone is 4. The predicted octanol–water partition coefficient (Wildman–Crippen LogP) is 1.36. The van der Waals surface area contributed by atoms with Gasteiger partial charge < -0.3 is 9.47 Å². The number of rotatable bonds is 2. The van der Waals surface area contributed by atoms with Crippen molar-refractivity contribution in [2.24, 2.45) is 0 Å². The number of epoxide rings is 2. The summed E-state index contributed by atoms with van der Waals surface area (Å²) in [6, 6.07) is 0. The minimum absolute atomic E-state index is 0.607. The molecule has 2 aliphatic carbocycles. The zero-order chi connectivity index (χ0) is 8.52. The molecule has 0 spiro atoms.